The van der Waals surface area contributed by atoms with Crippen LogP contribution in [-0.4, -0.2) is 19.9 Å². The van der Waals surface area contributed by atoms with Crippen molar-refractivity contribution in [2.24, 2.45) is 0 Å². The third-order valence-corrected chi connectivity index (χ3v) is 4.44. The second kappa shape index (κ2) is 6.46. The van der Waals surface area contributed by atoms with Crippen molar-refractivity contribution in [2.45, 2.75) is 0 Å². The molecule has 0 aliphatic heterocycles. The van der Waals surface area contributed by atoms with Crippen LogP contribution in [0.2, 0.25) is 0 Å². The van der Waals surface area contributed by atoms with E-state index in [1.54, 1.807) is 0 Å². The number of rotatable bonds is 2. The fourth-order valence-electron chi connectivity index (χ4n) is 0.236. The van der Waals surface area contributed by atoms with E-state index in [9.17, 15) is 4.79 Å². The highest BCUT2D eigenvalue weighted by molar-refractivity contribution is 14.1. The van der Waals surface area contributed by atoms with E-state index in [0.29, 0.717) is 0 Å². The van der Waals surface area contributed by atoms with E-state index in [0.717, 1.165) is 6.07 Å². The normalized spacial score (nSPS) is 12.0. The van der Waals surface area contributed by atoms with Gasteiger partial charge in [0.2, 0.25) is 0 Å². The fraction of sp³-hybridized carbons (Fsp3) is 0.400. The van der Waals surface area contributed by atoms with Gasteiger partial charge >= 0.3 is 6.16 Å². The van der Waals surface area contributed by atoms with Crippen LogP contribution >= 0.6 is 61.1 Å². The maximum Gasteiger partial charge on any atom is 0.508 e. The van der Waals surface area contributed by atoms with Crippen LogP contribution in [0, 0.1) is 0 Å². The van der Waals surface area contributed by atoms with Crippen LogP contribution in [0.5, 0.6) is 0 Å². The molecule has 0 unspecified atom stereocenters. The standard InChI is InChI=1S/C5H5BrI2O3/c1-10-5(9)11-2-3(7)4(6)8/h2H2,1H3/b4-3+. The molecule has 0 spiro atoms. The van der Waals surface area contributed by atoms with Crippen molar-refractivity contribution in [3.05, 3.63) is 6.07 Å². The lowest BCUT2D eigenvalue weighted by atomic mass is 10.7. The molecule has 0 aliphatic rings. The van der Waals surface area contributed by atoms with Gasteiger partial charge < -0.3 is 9.47 Å². The summed E-state index contributed by atoms with van der Waals surface area (Å²) >= 11 is 7.40. The molecule has 0 saturated carbocycles. The molecule has 0 aromatic rings. The predicted octanol–water partition coefficient (Wildman–Crippen LogP) is 3.20. The highest BCUT2D eigenvalue weighted by atomic mass is 127. The molecule has 3 nitrogen and oxygen atoms in total. The van der Waals surface area contributed by atoms with Crippen LogP contribution in [0.1, 0.15) is 0 Å². The average molecular weight is 447 g/mol. The van der Waals surface area contributed by atoms with Gasteiger partial charge in [-0.1, -0.05) is 0 Å². The molecule has 0 N–H and O–H groups in total. The van der Waals surface area contributed by atoms with E-state index in [2.05, 4.69) is 70.6 Å². The first-order valence-corrected chi connectivity index (χ1v) is 5.43. The molecule has 0 saturated heterocycles. The van der Waals surface area contributed by atoms with Gasteiger partial charge in [0.25, 0.3) is 0 Å². The third kappa shape index (κ3) is 6.14. The minimum absolute atomic E-state index is 0.247. The van der Waals surface area contributed by atoms with Crippen LogP contribution in [0.15, 0.2) is 6.07 Å². The van der Waals surface area contributed by atoms with Crippen molar-refractivity contribution in [3.8, 4) is 0 Å². The van der Waals surface area contributed by atoms with E-state index >= 15 is 0 Å². The predicted molar refractivity (Wildman–Crippen MR) is 62.4 cm³/mol. The number of hydrogen-bond donors (Lipinski definition) is 0. The lowest BCUT2D eigenvalue weighted by molar-refractivity contribution is 0.0815. The average Bonchev–Trinajstić information content (AvgIpc) is 1.99. The number of ether oxygens (including phenoxy) is 2. The molecule has 0 heterocycles. The van der Waals surface area contributed by atoms with Crippen molar-refractivity contribution >= 4 is 67.3 Å². The summed E-state index contributed by atoms with van der Waals surface area (Å²) in [6.45, 7) is 0.247. The SMILES string of the molecule is COC(=O)OC/C(I)=C(/Br)I. The van der Waals surface area contributed by atoms with E-state index in [1.807, 2.05) is 0 Å². The Kier molecular flexibility index (Phi) is 7.02. The van der Waals surface area contributed by atoms with Gasteiger partial charge in [0.15, 0.2) is 0 Å². The molecule has 0 fully saturated rings. The van der Waals surface area contributed by atoms with E-state index in [4.69, 9.17) is 0 Å². The summed E-state index contributed by atoms with van der Waals surface area (Å²) in [6.07, 6.45) is -0.663. The van der Waals surface area contributed by atoms with Gasteiger partial charge in [-0.3, -0.25) is 0 Å². The highest BCUT2D eigenvalue weighted by Gasteiger charge is 2.03. The summed E-state index contributed by atoms with van der Waals surface area (Å²) in [5.41, 5.74) is 0. The van der Waals surface area contributed by atoms with Crippen LogP contribution in [0.4, 0.5) is 4.79 Å². The van der Waals surface area contributed by atoms with E-state index < -0.39 is 6.16 Å². The molecule has 0 amide bonds. The summed E-state index contributed by atoms with van der Waals surface area (Å²) in [5.74, 6) is 0. The second-order valence-corrected chi connectivity index (χ2v) is 6.06. The first-order valence-electron chi connectivity index (χ1n) is 2.48. The topological polar surface area (TPSA) is 35.5 Å². The monoisotopic (exact) mass is 446 g/mol. The first kappa shape index (κ1) is 11.9. The molecular formula is C5H5BrI2O3. The van der Waals surface area contributed by atoms with Crippen LogP contribution in [0.3, 0.4) is 0 Å². The van der Waals surface area contributed by atoms with Crippen molar-refractivity contribution in [1.82, 2.24) is 0 Å². The molecular weight excluding hydrogens is 442 g/mol. The summed E-state index contributed by atoms with van der Waals surface area (Å²) in [7, 11) is 1.28. The summed E-state index contributed by atoms with van der Waals surface area (Å²) in [5, 5.41) is 0. The molecule has 0 aromatic heterocycles. The quantitative estimate of drug-likeness (QED) is 0.483. The molecule has 6 heteroatoms. The Morgan fingerprint density at radius 1 is 1.55 bits per heavy atom. The third-order valence-electron chi connectivity index (χ3n) is 0.688. The molecule has 0 aromatic carbocycles. The largest absolute Gasteiger partial charge is 0.508 e. The Morgan fingerprint density at radius 3 is 2.45 bits per heavy atom. The lowest BCUT2D eigenvalue weighted by Crippen LogP contribution is -2.05. The van der Waals surface area contributed by atoms with E-state index in [-0.39, 0.29) is 6.61 Å². The molecule has 0 atom stereocenters. The zero-order chi connectivity index (χ0) is 8.85. The number of carbonyl (C=O) groups is 1. The molecule has 64 valence electrons. The van der Waals surface area contributed by atoms with Gasteiger partial charge in [-0.2, -0.15) is 0 Å². The Labute approximate surface area is 100 Å². The van der Waals surface area contributed by atoms with E-state index in [1.165, 1.54) is 7.11 Å². The molecule has 0 rings (SSSR count). The number of halogens is 3. The minimum atomic E-state index is -0.663. The molecule has 11 heavy (non-hydrogen) atoms. The lowest BCUT2D eigenvalue weighted by Gasteiger charge is -2.01. The number of methoxy groups -OCH3 is 1. The van der Waals surface area contributed by atoms with Crippen LogP contribution in [-0.2, 0) is 9.47 Å². The molecule has 0 aliphatic carbocycles. The van der Waals surface area contributed by atoms with Crippen LogP contribution < -0.4 is 0 Å². The minimum Gasteiger partial charge on any atom is -0.438 e. The summed E-state index contributed by atoms with van der Waals surface area (Å²) in [6, 6.07) is 0. The Balaban J connectivity index is 3.72. The summed E-state index contributed by atoms with van der Waals surface area (Å²) < 4.78 is 10.8. The van der Waals surface area contributed by atoms with Crippen LogP contribution in [0.25, 0.3) is 0 Å². The maximum absolute atomic E-state index is 10.5. The van der Waals surface area contributed by atoms with Crippen molar-refractivity contribution in [1.29, 1.82) is 0 Å². The second-order valence-electron chi connectivity index (χ2n) is 1.41. The smallest absolute Gasteiger partial charge is 0.438 e. The Morgan fingerprint density at radius 2 is 2.09 bits per heavy atom. The summed E-state index contributed by atoms with van der Waals surface area (Å²) in [4.78, 5) is 10.5. The molecule has 0 bridgehead atoms. The highest BCUT2D eigenvalue weighted by Crippen LogP contribution is 2.24. The van der Waals surface area contributed by atoms with Crippen molar-refractivity contribution < 1.29 is 14.3 Å². The number of carbonyl (C=O) groups excluding carboxylic acids is 1. The van der Waals surface area contributed by atoms with Crippen molar-refractivity contribution in [3.63, 3.8) is 0 Å². The van der Waals surface area contributed by atoms with Gasteiger partial charge in [0.05, 0.1) is 9.60 Å². The first-order chi connectivity index (χ1) is 5.07. The molecule has 0 radical (unpaired) electrons. The fourth-order valence-corrected chi connectivity index (χ4v) is 0.662. The van der Waals surface area contributed by atoms with Gasteiger partial charge in [-0.15, -0.1) is 0 Å². The number of hydrogen-bond acceptors (Lipinski definition) is 3. The Hall–Kier alpha value is 0.950. The zero-order valence-corrected chi connectivity index (χ0v) is 11.5. The van der Waals surface area contributed by atoms with Gasteiger partial charge in [-0.25, -0.2) is 4.79 Å². The van der Waals surface area contributed by atoms with Gasteiger partial charge in [0, 0.05) is 3.58 Å². The maximum atomic E-state index is 10.5. The van der Waals surface area contributed by atoms with Gasteiger partial charge in [0.1, 0.15) is 6.61 Å². The Bertz CT molecular complexity index is 177. The zero-order valence-electron chi connectivity index (χ0n) is 5.57. The van der Waals surface area contributed by atoms with Gasteiger partial charge in [-0.05, 0) is 61.1 Å². The van der Waals surface area contributed by atoms with Crippen molar-refractivity contribution in [2.75, 3.05) is 13.7 Å².